The third kappa shape index (κ3) is 2.63. The molecule has 1 N–H and O–H groups in total. The Kier molecular flexibility index (Phi) is 3.69. The Balaban J connectivity index is 1.62. The monoisotopic (exact) mass is 385 g/mol. The molecule has 0 bridgehead atoms. The summed E-state index contributed by atoms with van der Waals surface area (Å²) in [4.78, 5) is 14.4. The molecule has 0 unspecified atom stereocenters. The fourth-order valence-corrected chi connectivity index (χ4v) is 3.19. The maximum Gasteiger partial charge on any atom is 0.276 e. The number of halogens is 2. The van der Waals surface area contributed by atoms with E-state index in [1.165, 1.54) is 12.1 Å². The summed E-state index contributed by atoms with van der Waals surface area (Å²) in [5.41, 5.74) is 3.68. The van der Waals surface area contributed by atoms with Crippen molar-refractivity contribution in [2.75, 3.05) is 11.4 Å². The number of H-pyrrole nitrogens is 1. The van der Waals surface area contributed by atoms with Gasteiger partial charge in [0, 0.05) is 22.3 Å². The van der Waals surface area contributed by atoms with Crippen molar-refractivity contribution >= 4 is 27.5 Å². The van der Waals surface area contributed by atoms with E-state index in [4.69, 9.17) is 0 Å². The first-order valence-electron chi connectivity index (χ1n) is 7.53. The average molecular weight is 386 g/mol. The van der Waals surface area contributed by atoms with Crippen LogP contribution in [0.2, 0.25) is 0 Å². The van der Waals surface area contributed by atoms with E-state index < -0.39 is 0 Å². The molecule has 120 valence electrons. The molecule has 3 aromatic rings. The first-order chi connectivity index (χ1) is 11.6. The molecule has 0 aliphatic carbocycles. The third-order valence-electron chi connectivity index (χ3n) is 4.13. The molecule has 1 aromatic heterocycles. The Morgan fingerprint density at radius 3 is 2.75 bits per heavy atom. The molecule has 1 aliphatic rings. The molecule has 0 saturated carbocycles. The van der Waals surface area contributed by atoms with Crippen molar-refractivity contribution in [2.24, 2.45) is 0 Å². The lowest BCUT2D eigenvalue weighted by molar-refractivity contribution is 0.0984. The molecule has 2 heterocycles. The number of benzene rings is 2. The van der Waals surface area contributed by atoms with Crippen LogP contribution in [-0.2, 0) is 6.42 Å². The maximum atomic E-state index is 13.3. The van der Waals surface area contributed by atoms with E-state index in [0.29, 0.717) is 24.4 Å². The number of hydrogen-bond donors (Lipinski definition) is 1. The number of aromatic nitrogens is 2. The minimum absolute atomic E-state index is 0.156. The van der Waals surface area contributed by atoms with Crippen LogP contribution in [-0.4, -0.2) is 22.6 Å². The smallest absolute Gasteiger partial charge is 0.276 e. The van der Waals surface area contributed by atoms with Gasteiger partial charge in [-0.3, -0.25) is 9.89 Å². The number of anilines is 1. The molecule has 0 fully saturated rings. The second-order valence-electron chi connectivity index (χ2n) is 5.65. The lowest BCUT2D eigenvalue weighted by Gasteiger charge is -2.15. The van der Waals surface area contributed by atoms with Crippen LogP contribution in [0.25, 0.3) is 11.3 Å². The molecule has 0 atom stereocenters. The van der Waals surface area contributed by atoms with Crippen LogP contribution in [0.3, 0.4) is 0 Å². The largest absolute Gasteiger partial charge is 0.306 e. The summed E-state index contributed by atoms with van der Waals surface area (Å²) >= 11 is 3.40. The molecular weight excluding hydrogens is 373 g/mol. The van der Waals surface area contributed by atoms with Gasteiger partial charge in [-0.05, 0) is 48.4 Å². The lowest BCUT2D eigenvalue weighted by Crippen LogP contribution is -2.29. The number of amides is 1. The second kappa shape index (κ2) is 5.87. The quantitative estimate of drug-likeness (QED) is 0.719. The predicted octanol–water partition coefficient (Wildman–Crippen LogP) is 4.18. The van der Waals surface area contributed by atoms with Crippen molar-refractivity contribution in [3.05, 3.63) is 70.1 Å². The number of aromatic amines is 1. The highest BCUT2D eigenvalue weighted by Gasteiger charge is 2.27. The number of carbonyl (C=O) groups is 1. The number of hydrogen-bond acceptors (Lipinski definition) is 2. The van der Waals surface area contributed by atoms with E-state index in [2.05, 4.69) is 26.1 Å². The van der Waals surface area contributed by atoms with Gasteiger partial charge in [0.2, 0.25) is 0 Å². The number of nitrogens with zero attached hydrogens (tertiary/aromatic N) is 2. The molecule has 1 aliphatic heterocycles. The minimum atomic E-state index is -0.276. The summed E-state index contributed by atoms with van der Waals surface area (Å²) in [6.07, 6.45) is 0.659. The van der Waals surface area contributed by atoms with Crippen LogP contribution in [0.4, 0.5) is 10.1 Å². The summed E-state index contributed by atoms with van der Waals surface area (Å²) in [5.74, 6) is -0.432. The Hall–Kier alpha value is -2.47. The SMILES string of the molecule is O=C(c1cc(-c2ccc(Br)cc2)n[nH]1)N1CCc2cc(F)ccc21. The topological polar surface area (TPSA) is 49.0 Å². The van der Waals surface area contributed by atoms with Crippen molar-refractivity contribution in [1.29, 1.82) is 0 Å². The van der Waals surface area contributed by atoms with Crippen molar-refractivity contribution in [1.82, 2.24) is 10.2 Å². The average Bonchev–Trinajstić information content (AvgIpc) is 3.21. The van der Waals surface area contributed by atoms with Crippen molar-refractivity contribution < 1.29 is 9.18 Å². The summed E-state index contributed by atoms with van der Waals surface area (Å²) in [5, 5.41) is 7.04. The van der Waals surface area contributed by atoms with E-state index in [0.717, 1.165) is 21.3 Å². The van der Waals surface area contributed by atoms with Gasteiger partial charge in [0.05, 0.1) is 5.69 Å². The molecule has 4 nitrogen and oxygen atoms in total. The Morgan fingerprint density at radius 1 is 1.17 bits per heavy atom. The van der Waals surface area contributed by atoms with Gasteiger partial charge in [-0.15, -0.1) is 0 Å². The highest BCUT2D eigenvalue weighted by atomic mass is 79.9. The summed E-state index contributed by atoms with van der Waals surface area (Å²) < 4.78 is 14.3. The van der Waals surface area contributed by atoms with E-state index in [1.54, 1.807) is 17.0 Å². The van der Waals surface area contributed by atoms with Gasteiger partial charge in [-0.1, -0.05) is 28.1 Å². The predicted molar refractivity (Wildman–Crippen MR) is 93.5 cm³/mol. The van der Waals surface area contributed by atoms with Gasteiger partial charge in [0.25, 0.3) is 5.91 Å². The number of nitrogens with one attached hydrogen (secondary N) is 1. The molecule has 0 spiro atoms. The zero-order valence-corrected chi connectivity index (χ0v) is 14.2. The zero-order chi connectivity index (χ0) is 16.7. The van der Waals surface area contributed by atoms with Gasteiger partial charge >= 0.3 is 0 Å². The van der Waals surface area contributed by atoms with Crippen LogP contribution >= 0.6 is 15.9 Å². The Morgan fingerprint density at radius 2 is 1.96 bits per heavy atom. The molecule has 2 aromatic carbocycles. The number of rotatable bonds is 2. The van der Waals surface area contributed by atoms with Crippen LogP contribution in [0.15, 0.2) is 53.0 Å². The highest BCUT2D eigenvalue weighted by molar-refractivity contribution is 9.10. The molecule has 0 saturated heterocycles. The number of carbonyl (C=O) groups excluding carboxylic acids is 1. The fraction of sp³-hybridized carbons (Fsp3) is 0.111. The van der Waals surface area contributed by atoms with Crippen molar-refractivity contribution in [2.45, 2.75) is 6.42 Å². The van der Waals surface area contributed by atoms with E-state index >= 15 is 0 Å². The van der Waals surface area contributed by atoms with Gasteiger partial charge in [0.1, 0.15) is 11.5 Å². The normalized spacial score (nSPS) is 13.2. The van der Waals surface area contributed by atoms with Crippen molar-refractivity contribution in [3.63, 3.8) is 0 Å². The van der Waals surface area contributed by atoms with Gasteiger partial charge in [0.15, 0.2) is 0 Å². The van der Waals surface area contributed by atoms with E-state index in [1.807, 2.05) is 24.3 Å². The molecule has 1 amide bonds. The summed E-state index contributed by atoms with van der Waals surface area (Å²) in [6, 6.07) is 14.0. The number of fused-ring (bicyclic) bond motifs is 1. The minimum Gasteiger partial charge on any atom is -0.306 e. The van der Waals surface area contributed by atoms with Crippen LogP contribution < -0.4 is 4.90 Å². The highest BCUT2D eigenvalue weighted by Crippen LogP contribution is 2.30. The van der Waals surface area contributed by atoms with Crippen LogP contribution in [0.5, 0.6) is 0 Å². The summed E-state index contributed by atoms with van der Waals surface area (Å²) in [6.45, 7) is 0.546. The van der Waals surface area contributed by atoms with Gasteiger partial charge in [-0.2, -0.15) is 5.10 Å². The molecular formula is C18H13BrFN3O. The molecule has 24 heavy (non-hydrogen) atoms. The van der Waals surface area contributed by atoms with Gasteiger partial charge < -0.3 is 4.90 Å². The van der Waals surface area contributed by atoms with Gasteiger partial charge in [-0.25, -0.2) is 4.39 Å². The Bertz CT molecular complexity index is 920. The molecule has 6 heteroatoms. The maximum absolute atomic E-state index is 13.3. The van der Waals surface area contributed by atoms with Crippen molar-refractivity contribution in [3.8, 4) is 11.3 Å². The first kappa shape index (κ1) is 15.1. The van der Waals surface area contributed by atoms with Crippen LogP contribution in [0, 0.1) is 5.82 Å². The first-order valence-corrected chi connectivity index (χ1v) is 8.33. The lowest BCUT2D eigenvalue weighted by atomic mass is 10.1. The van der Waals surface area contributed by atoms with E-state index in [9.17, 15) is 9.18 Å². The zero-order valence-electron chi connectivity index (χ0n) is 12.6. The Labute approximate surface area is 146 Å². The summed E-state index contributed by atoms with van der Waals surface area (Å²) in [7, 11) is 0. The molecule has 0 radical (unpaired) electrons. The van der Waals surface area contributed by atoms with E-state index in [-0.39, 0.29) is 11.7 Å². The van der Waals surface area contributed by atoms with Crippen LogP contribution in [0.1, 0.15) is 16.1 Å². The molecule has 4 rings (SSSR count). The standard InChI is InChI=1S/C18H13BrFN3O/c19-13-3-1-11(2-4-13)15-10-16(22-21-15)18(24)23-8-7-12-9-14(20)5-6-17(12)23/h1-6,9-10H,7-8H2,(H,21,22). The fourth-order valence-electron chi connectivity index (χ4n) is 2.93. The second-order valence-corrected chi connectivity index (χ2v) is 6.57. The third-order valence-corrected chi connectivity index (χ3v) is 4.66.